The zero-order valence-corrected chi connectivity index (χ0v) is 17.6. The molecule has 1 rings (SSSR count). The van der Waals surface area contributed by atoms with Crippen LogP contribution in [0.5, 0.6) is 0 Å². The smallest absolute Gasteiger partial charge is 0.326 e. The number of carboxylic acids is 1. The minimum absolute atomic E-state index is 0.178. The highest BCUT2D eigenvalue weighted by atomic mass is 16.4. The van der Waals surface area contributed by atoms with Crippen LogP contribution in [0.1, 0.15) is 32.6 Å². The summed E-state index contributed by atoms with van der Waals surface area (Å²) in [6, 6.07) is -5.23. The molecular weight excluding hydrogens is 430 g/mol. The SMILES string of the molecule is CC(=O)N[C@@H](CO)C(=O)N1CCC[C@H]1C(=O)N[C@@H](CO)C(=O)N[C@@H](CCC(N)=O)C(=O)O. The second-order valence-corrected chi connectivity index (χ2v) is 7.27. The molecule has 1 fully saturated rings. The summed E-state index contributed by atoms with van der Waals surface area (Å²) in [6.07, 6.45) is 0.115. The summed E-state index contributed by atoms with van der Waals surface area (Å²) >= 11 is 0. The highest BCUT2D eigenvalue weighted by Gasteiger charge is 2.38. The zero-order chi connectivity index (χ0) is 24.4. The van der Waals surface area contributed by atoms with Crippen molar-refractivity contribution in [2.45, 2.75) is 56.8 Å². The number of nitrogens with two attached hydrogens (primary N) is 1. The molecule has 0 aromatic heterocycles. The predicted molar refractivity (Wildman–Crippen MR) is 106 cm³/mol. The van der Waals surface area contributed by atoms with E-state index in [-0.39, 0.29) is 25.8 Å². The van der Waals surface area contributed by atoms with Crippen molar-refractivity contribution in [1.82, 2.24) is 20.9 Å². The number of aliphatic carboxylic acids is 1. The van der Waals surface area contributed by atoms with E-state index in [9.17, 15) is 39.0 Å². The first-order chi connectivity index (χ1) is 15.0. The van der Waals surface area contributed by atoms with Gasteiger partial charge >= 0.3 is 5.97 Å². The van der Waals surface area contributed by atoms with Gasteiger partial charge in [0, 0.05) is 19.9 Å². The van der Waals surface area contributed by atoms with Gasteiger partial charge in [0.15, 0.2) is 0 Å². The molecule has 0 saturated carbocycles. The molecule has 4 atom stereocenters. The van der Waals surface area contributed by atoms with E-state index in [1.54, 1.807) is 0 Å². The molecule has 8 N–H and O–H groups in total. The lowest BCUT2D eigenvalue weighted by atomic mass is 10.1. The molecule has 14 heteroatoms. The van der Waals surface area contributed by atoms with Crippen LogP contribution in [0.2, 0.25) is 0 Å². The van der Waals surface area contributed by atoms with E-state index in [0.29, 0.717) is 6.42 Å². The standard InChI is InChI=1S/C18H29N5O9/c1-9(26)20-12(8-25)17(30)23-6-2-3-13(23)16(29)22-11(7-24)15(28)21-10(18(31)32)4-5-14(19)27/h10-13,24-25H,2-8H2,1H3,(H2,19,27)(H,20,26)(H,21,28)(H,22,29)(H,31,32)/t10-,11-,12-,13-/m0/s1. The summed E-state index contributed by atoms with van der Waals surface area (Å²) in [5.74, 6) is -5.18. The van der Waals surface area contributed by atoms with Gasteiger partial charge in [-0.3, -0.25) is 24.0 Å². The Bertz CT molecular complexity index is 744. The van der Waals surface area contributed by atoms with Crippen LogP contribution in [0.15, 0.2) is 0 Å². The molecule has 180 valence electrons. The number of carbonyl (C=O) groups excluding carboxylic acids is 5. The van der Waals surface area contributed by atoms with E-state index in [1.807, 2.05) is 0 Å². The number of nitrogens with one attached hydrogen (secondary N) is 3. The molecule has 1 saturated heterocycles. The van der Waals surface area contributed by atoms with Crippen LogP contribution in [0.3, 0.4) is 0 Å². The molecule has 1 heterocycles. The maximum Gasteiger partial charge on any atom is 0.326 e. The second kappa shape index (κ2) is 12.6. The summed E-state index contributed by atoms with van der Waals surface area (Å²) in [7, 11) is 0. The van der Waals surface area contributed by atoms with Gasteiger partial charge in [0.2, 0.25) is 29.5 Å². The van der Waals surface area contributed by atoms with E-state index >= 15 is 0 Å². The number of rotatable bonds is 12. The summed E-state index contributed by atoms with van der Waals surface area (Å²) < 4.78 is 0. The Kier molecular flexibility index (Phi) is 10.5. The Hall–Kier alpha value is -3.26. The molecule has 32 heavy (non-hydrogen) atoms. The molecule has 1 aliphatic rings. The summed E-state index contributed by atoms with van der Waals surface area (Å²) in [6.45, 7) is -0.183. The van der Waals surface area contributed by atoms with Gasteiger partial charge in [0.25, 0.3) is 0 Å². The Morgan fingerprint density at radius 2 is 1.62 bits per heavy atom. The summed E-state index contributed by atoms with van der Waals surface area (Å²) in [5, 5.41) is 34.7. The van der Waals surface area contributed by atoms with Crippen molar-refractivity contribution >= 4 is 35.5 Å². The fourth-order valence-corrected chi connectivity index (χ4v) is 3.21. The third-order valence-electron chi connectivity index (χ3n) is 4.81. The van der Waals surface area contributed by atoms with Gasteiger partial charge < -0.3 is 41.9 Å². The van der Waals surface area contributed by atoms with Crippen molar-refractivity contribution in [1.29, 1.82) is 0 Å². The van der Waals surface area contributed by atoms with E-state index in [1.165, 1.54) is 6.92 Å². The van der Waals surface area contributed by atoms with E-state index < -0.39 is 72.9 Å². The largest absolute Gasteiger partial charge is 0.480 e. The molecule has 14 nitrogen and oxygen atoms in total. The van der Waals surface area contributed by atoms with Crippen molar-refractivity contribution in [2.75, 3.05) is 19.8 Å². The topological polar surface area (TPSA) is 228 Å². The molecule has 0 radical (unpaired) electrons. The third-order valence-corrected chi connectivity index (χ3v) is 4.81. The second-order valence-electron chi connectivity index (χ2n) is 7.27. The maximum absolute atomic E-state index is 12.7. The number of carbonyl (C=O) groups is 6. The number of aliphatic hydroxyl groups excluding tert-OH is 2. The molecule has 0 bridgehead atoms. The molecule has 0 unspecified atom stereocenters. The molecule has 0 spiro atoms. The van der Waals surface area contributed by atoms with Gasteiger partial charge in [0.1, 0.15) is 24.2 Å². The Labute approximate surface area is 183 Å². The maximum atomic E-state index is 12.7. The summed E-state index contributed by atoms with van der Waals surface area (Å²) in [5.41, 5.74) is 4.98. The average Bonchev–Trinajstić information content (AvgIpc) is 3.21. The number of likely N-dealkylation sites (tertiary alicyclic amines) is 1. The molecule has 0 aromatic carbocycles. The first-order valence-electron chi connectivity index (χ1n) is 9.92. The lowest BCUT2D eigenvalue weighted by molar-refractivity contribution is -0.144. The van der Waals surface area contributed by atoms with Crippen LogP contribution in [-0.2, 0) is 28.8 Å². The Morgan fingerprint density at radius 1 is 1.00 bits per heavy atom. The van der Waals surface area contributed by atoms with Crippen molar-refractivity contribution in [2.24, 2.45) is 5.73 Å². The van der Waals surface area contributed by atoms with Crippen molar-refractivity contribution in [3.05, 3.63) is 0 Å². The Balaban J connectivity index is 2.82. The highest BCUT2D eigenvalue weighted by Crippen LogP contribution is 2.19. The third kappa shape index (κ3) is 7.77. The molecule has 1 aliphatic heterocycles. The fraction of sp³-hybridized carbons (Fsp3) is 0.667. The highest BCUT2D eigenvalue weighted by molar-refractivity contribution is 5.95. The van der Waals surface area contributed by atoms with Gasteiger partial charge in [-0.25, -0.2) is 4.79 Å². The minimum atomic E-state index is -1.51. The van der Waals surface area contributed by atoms with Gasteiger partial charge in [-0.05, 0) is 19.3 Å². The number of nitrogens with zero attached hydrogens (tertiary/aromatic N) is 1. The Morgan fingerprint density at radius 3 is 2.12 bits per heavy atom. The normalized spacial score (nSPS) is 18.2. The van der Waals surface area contributed by atoms with Crippen LogP contribution >= 0.6 is 0 Å². The lowest BCUT2D eigenvalue weighted by Gasteiger charge is -2.29. The quantitative estimate of drug-likeness (QED) is 0.150. The van der Waals surface area contributed by atoms with Crippen molar-refractivity contribution in [3.8, 4) is 0 Å². The van der Waals surface area contributed by atoms with Crippen LogP contribution in [-0.4, -0.2) is 99.7 Å². The van der Waals surface area contributed by atoms with Gasteiger partial charge in [-0.2, -0.15) is 0 Å². The van der Waals surface area contributed by atoms with Gasteiger partial charge in [-0.1, -0.05) is 0 Å². The zero-order valence-electron chi connectivity index (χ0n) is 17.6. The fourth-order valence-electron chi connectivity index (χ4n) is 3.21. The van der Waals surface area contributed by atoms with E-state index in [0.717, 1.165) is 4.90 Å². The first kappa shape index (κ1) is 26.8. The van der Waals surface area contributed by atoms with E-state index in [4.69, 9.17) is 10.8 Å². The van der Waals surface area contributed by atoms with Gasteiger partial charge in [-0.15, -0.1) is 0 Å². The number of hydrogen-bond donors (Lipinski definition) is 7. The molecule has 0 aliphatic carbocycles. The van der Waals surface area contributed by atoms with Crippen LogP contribution in [0, 0.1) is 0 Å². The first-order valence-corrected chi connectivity index (χ1v) is 9.92. The summed E-state index contributed by atoms with van der Waals surface area (Å²) in [4.78, 5) is 72.1. The van der Waals surface area contributed by atoms with Crippen LogP contribution < -0.4 is 21.7 Å². The number of primary amides is 1. The number of aliphatic hydroxyl groups is 2. The monoisotopic (exact) mass is 459 g/mol. The number of carboxylic acid groups (broad SMARTS) is 1. The van der Waals surface area contributed by atoms with Crippen LogP contribution in [0.25, 0.3) is 0 Å². The predicted octanol–water partition coefficient (Wildman–Crippen LogP) is -4.21. The number of hydrogen-bond acceptors (Lipinski definition) is 8. The van der Waals surface area contributed by atoms with E-state index in [2.05, 4.69) is 16.0 Å². The van der Waals surface area contributed by atoms with Crippen molar-refractivity contribution in [3.63, 3.8) is 0 Å². The van der Waals surface area contributed by atoms with Crippen molar-refractivity contribution < 1.29 is 44.1 Å². The molecule has 5 amide bonds. The molecule has 0 aromatic rings. The molecular formula is C18H29N5O9. The average molecular weight is 459 g/mol. The number of amides is 5. The van der Waals surface area contributed by atoms with Gasteiger partial charge in [0.05, 0.1) is 13.2 Å². The van der Waals surface area contributed by atoms with Crippen LogP contribution in [0.4, 0.5) is 0 Å². The minimum Gasteiger partial charge on any atom is -0.480 e. The lowest BCUT2D eigenvalue weighted by Crippen LogP contribution is -2.58.